The quantitative estimate of drug-likeness (QED) is 0.802. The Morgan fingerprint density at radius 1 is 1.60 bits per heavy atom. The van der Waals surface area contributed by atoms with Crippen LogP contribution in [0.1, 0.15) is 27.3 Å². The smallest absolute Gasteiger partial charge is 0.265 e. The summed E-state index contributed by atoms with van der Waals surface area (Å²) >= 11 is 4.89. The Labute approximate surface area is 103 Å². The van der Waals surface area contributed by atoms with Crippen molar-refractivity contribution in [3.05, 3.63) is 15.6 Å². The first-order valence-electron chi connectivity index (χ1n) is 4.75. The molecule has 0 aliphatic carbocycles. The number of carbonyl (C=O) groups excluding carboxylic acids is 1. The molecule has 0 bridgehead atoms. The second-order valence-corrected chi connectivity index (χ2v) is 6.38. The van der Waals surface area contributed by atoms with E-state index in [9.17, 15) is 4.79 Å². The molecule has 0 fully saturated rings. The first-order chi connectivity index (χ1) is 6.91. The first-order valence-corrected chi connectivity index (χ1v) is 6.48. The number of rotatable bonds is 3. The minimum atomic E-state index is 0.0596. The molecular formula is C10H15BrN2OS. The summed E-state index contributed by atoms with van der Waals surface area (Å²) in [7, 11) is 1.81. The van der Waals surface area contributed by atoms with Crippen molar-refractivity contribution >= 4 is 33.2 Å². The summed E-state index contributed by atoms with van der Waals surface area (Å²) in [4.78, 5) is 19.0. The number of thiazole rings is 1. The molecule has 1 rings (SSSR count). The molecule has 84 valence electrons. The Kier molecular flexibility index (Phi) is 4.28. The SMILES string of the molecule is Cc1nc(C)c(C(=O)N(C)CC(C)Br)s1. The van der Waals surface area contributed by atoms with E-state index in [2.05, 4.69) is 20.9 Å². The summed E-state index contributed by atoms with van der Waals surface area (Å²) in [6.45, 7) is 6.52. The molecule has 0 aliphatic rings. The van der Waals surface area contributed by atoms with Crippen LogP contribution in [-0.2, 0) is 0 Å². The second kappa shape index (κ2) is 5.07. The standard InChI is InChI=1S/C10H15BrN2OS/c1-6(11)5-13(4)10(14)9-7(2)12-8(3)15-9/h6H,5H2,1-4H3. The highest BCUT2D eigenvalue weighted by atomic mass is 79.9. The second-order valence-electron chi connectivity index (χ2n) is 3.61. The van der Waals surface area contributed by atoms with Crippen LogP contribution in [0.3, 0.4) is 0 Å². The fraction of sp³-hybridized carbons (Fsp3) is 0.600. The van der Waals surface area contributed by atoms with Crippen LogP contribution >= 0.6 is 27.3 Å². The van der Waals surface area contributed by atoms with Gasteiger partial charge in [-0.1, -0.05) is 22.9 Å². The average Bonchev–Trinajstić information content (AvgIpc) is 2.42. The van der Waals surface area contributed by atoms with Crippen molar-refractivity contribution in [1.82, 2.24) is 9.88 Å². The van der Waals surface area contributed by atoms with Gasteiger partial charge in [0.1, 0.15) is 4.88 Å². The molecule has 15 heavy (non-hydrogen) atoms. The topological polar surface area (TPSA) is 33.2 Å². The molecule has 0 spiro atoms. The summed E-state index contributed by atoms with van der Waals surface area (Å²) in [6.07, 6.45) is 0. The highest BCUT2D eigenvalue weighted by molar-refractivity contribution is 9.09. The van der Waals surface area contributed by atoms with Crippen molar-refractivity contribution in [1.29, 1.82) is 0 Å². The molecule has 1 unspecified atom stereocenters. The van der Waals surface area contributed by atoms with E-state index in [4.69, 9.17) is 0 Å². The predicted molar refractivity (Wildman–Crippen MR) is 66.9 cm³/mol. The van der Waals surface area contributed by atoms with Crippen molar-refractivity contribution in [2.75, 3.05) is 13.6 Å². The zero-order chi connectivity index (χ0) is 11.6. The van der Waals surface area contributed by atoms with Crippen molar-refractivity contribution < 1.29 is 4.79 Å². The fourth-order valence-electron chi connectivity index (χ4n) is 1.36. The van der Waals surface area contributed by atoms with Crippen LogP contribution in [0.4, 0.5) is 0 Å². The lowest BCUT2D eigenvalue weighted by Gasteiger charge is -2.17. The number of hydrogen-bond donors (Lipinski definition) is 0. The van der Waals surface area contributed by atoms with E-state index < -0.39 is 0 Å². The predicted octanol–water partition coefficient (Wildman–Crippen LogP) is 2.62. The van der Waals surface area contributed by atoms with E-state index in [1.165, 1.54) is 11.3 Å². The molecule has 1 aromatic rings. The van der Waals surface area contributed by atoms with Gasteiger partial charge in [0.25, 0.3) is 5.91 Å². The third-order valence-electron chi connectivity index (χ3n) is 1.97. The van der Waals surface area contributed by atoms with Crippen molar-refractivity contribution in [2.45, 2.75) is 25.6 Å². The van der Waals surface area contributed by atoms with Gasteiger partial charge in [0.05, 0.1) is 10.7 Å². The number of halogens is 1. The molecular weight excluding hydrogens is 276 g/mol. The maximum Gasteiger partial charge on any atom is 0.265 e. The molecule has 0 saturated carbocycles. The van der Waals surface area contributed by atoms with Crippen LogP contribution in [-0.4, -0.2) is 34.2 Å². The molecule has 1 atom stereocenters. The maximum absolute atomic E-state index is 12.0. The summed E-state index contributed by atoms with van der Waals surface area (Å²) < 4.78 is 0. The number of hydrogen-bond acceptors (Lipinski definition) is 3. The Morgan fingerprint density at radius 3 is 2.60 bits per heavy atom. The van der Waals surface area contributed by atoms with Crippen LogP contribution in [0.25, 0.3) is 0 Å². The van der Waals surface area contributed by atoms with Crippen LogP contribution in [0, 0.1) is 13.8 Å². The van der Waals surface area contributed by atoms with Gasteiger partial charge < -0.3 is 4.90 Å². The number of alkyl halides is 1. The summed E-state index contributed by atoms with van der Waals surface area (Å²) in [5.41, 5.74) is 0.830. The van der Waals surface area contributed by atoms with E-state index in [1.807, 2.05) is 27.8 Å². The van der Waals surface area contributed by atoms with Gasteiger partial charge in [-0.05, 0) is 13.8 Å². The lowest BCUT2D eigenvalue weighted by atomic mass is 10.3. The summed E-state index contributed by atoms with van der Waals surface area (Å²) in [6, 6.07) is 0. The Hall–Kier alpha value is -0.420. The number of carbonyl (C=O) groups is 1. The van der Waals surface area contributed by atoms with Crippen LogP contribution < -0.4 is 0 Å². The third-order valence-corrected chi connectivity index (χ3v) is 3.32. The largest absolute Gasteiger partial charge is 0.340 e. The highest BCUT2D eigenvalue weighted by Gasteiger charge is 2.18. The maximum atomic E-state index is 12.0. The zero-order valence-electron chi connectivity index (χ0n) is 9.37. The lowest BCUT2D eigenvalue weighted by Crippen LogP contribution is -2.31. The van der Waals surface area contributed by atoms with E-state index >= 15 is 0 Å². The van der Waals surface area contributed by atoms with Gasteiger partial charge in [0, 0.05) is 18.4 Å². The first kappa shape index (κ1) is 12.6. The number of aromatic nitrogens is 1. The van der Waals surface area contributed by atoms with Crippen LogP contribution in [0.15, 0.2) is 0 Å². The molecule has 1 heterocycles. The average molecular weight is 291 g/mol. The van der Waals surface area contributed by atoms with Gasteiger partial charge in [0.15, 0.2) is 0 Å². The van der Waals surface area contributed by atoms with E-state index in [-0.39, 0.29) is 5.91 Å². The van der Waals surface area contributed by atoms with Gasteiger partial charge >= 0.3 is 0 Å². The zero-order valence-corrected chi connectivity index (χ0v) is 11.8. The summed E-state index contributed by atoms with van der Waals surface area (Å²) in [5, 5.41) is 0.941. The third kappa shape index (κ3) is 3.28. The molecule has 0 aliphatic heterocycles. The number of amides is 1. The van der Waals surface area contributed by atoms with Crippen molar-refractivity contribution in [2.24, 2.45) is 0 Å². The van der Waals surface area contributed by atoms with Crippen molar-refractivity contribution in [3.8, 4) is 0 Å². The lowest BCUT2D eigenvalue weighted by molar-refractivity contribution is 0.0801. The molecule has 0 aromatic carbocycles. The van der Waals surface area contributed by atoms with Crippen molar-refractivity contribution in [3.63, 3.8) is 0 Å². The Bertz CT molecular complexity index is 362. The molecule has 5 heteroatoms. The van der Waals surface area contributed by atoms with Gasteiger partial charge in [-0.15, -0.1) is 11.3 Å². The Balaban J connectivity index is 2.80. The van der Waals surface area contributed by atoms with E-state index in [1.54, 1.807) is 4.90 Å². The molecule has 0 N–H and O–H groups in total. The van der Waals surface area contributed by atoms with Gasteiger partial charge in [-0.25, -0.2) is 4.98 Å². The normalized spacial score (nSPS) is 12.6. The molecule has 1 aromatic heterocycles. The molecule has 1 amide bonds. The minimum absolute atomic E-state index is 0.0596. The minimum Gasteiger partial charge on any atom is -0.340 e. The fourth-order valence-corrected chi connectivity index (χ4v) is 2.71. The van der Waals surface area contributed by atoms with Crippen LogP contribution in [0.2, 0.25) is 0 Å². The van der Waals surface area contributed by atoms with Crippen LogP contribution in [0.5, 0.6) is 0 Å². The van der Waals surface area contributed by atoms with Gasteiger partial charge in [0.2, 0.25) is 0 Å². The summed E-state index contributed by atoms with van der Waals surface area (Å²) in [5.74, 6) is 0.0596. The number of nitrogens with zero attached hydrogens (tertiary/aromatic N) is 2. The highest BCUT2D eigenvalue weighted by Crippen LogP contribution is 2.19. The molecule has 0 saturated heterocycles. The monoisotopic (exact) mass is 290 g/mol. The Morgan fingerprint density at radius 2 is 2.20 bits per heavy atom. The van der Waals surface area contributed by atoms with Gasteiger partial charge in [-0.3, -0.25) is 4.79 Å². The van der Waals surface area contributed by atoms with E-state index in [0.717, 1.165) is 15.6 Å². The molecule has 3 nitrogen and oxygen atoms in total. The van der Waals surface area contributed by atoms with Gasteiger partial charge in [-0.2, -0.15) is 0 Å². The number of aryl methyl sites for hydroxylation is 2. The van der Waals surface area contributed by atoms with E-state index in [0.29, 0.717) is 11.4 Å². The molecule has 0 radical (unpaired) electrons.